The van der Waals surface area contributed by atoms with Crippen molar-refractivity contribution in [3.8, 4) is 10.4 Å². The van der Waals surface area contributed by atoms with Crippen LogP contribution in [0.15, 0.2) is 60.7 Å². The summed E-state index contributed by atoms with van der Waals surface area (Å²) in [5.41, 5.74) is 8.53. The van der Waals surface area contributed by atoms with Crippen molar-refractivity contribution in [3.63, 3.8) is 0 Å². The summed E-state index contributed by atoms with van der Waals surface area (Å²) in [7, 11) is 1.75. The quantitative estimate of drug-likeness (QED) is 0.467. The lowest BCUT2D eigenvalue weighted by Gasteiger charge is -2.15. The molecule has 0 spiro atoms. The maximum atomic E-state index is 11.6. The van der Waals surface area contributed by atoms with Crippen LogP contribution in [0.25, 0.3) is 10.4 Å². The number of hydrogen-bond acceptors (Lipinski definition) is 5. The number of nitrogens with one attached hydrogen (secondary N) is 2. The highest BCUT2D eigenvalue weighted by molar-refractivity contribution is 7.19. The molecule has 0 radical (unpaired) electrons. The molecule has 0 aliphatic rings. The van der Waals surface area contributed by atoms with Gasteiger partial charge in [0.2, 0.25) is 0 Å². The molecule has 1 atom stereocenters. The molecular formula is C21H21N3O3S. The smallest absolute Gasteiger partial charge is 0.325 e. The van der Waals surface area contributed by atoms with Gasteiger partial charge in [0.05, 0.1) is 5.56 Å². The van der Waals surface area contributed by atoms with Gasteiger partial charge in [-0.1, -0.05) is 54.6 Å². The predicted molar refractivity (Wildman–Crippen MR) is 111 cm³/mol. The fourth-order valence-electron chi connectivity index (χ4n) is 2.90. The fourth-order valence-corrected chi connectivity index (χ4v) is 3.92. The Bertz CT molecular complexity index is 968. The van der Waals surface area contributed by atoms with Crippen LogP contribution in [0.5, 0.6) is 0 Å². The van der Waals surface area contributed by atoms with Gasteiger partial charge in [0.25, 0.3) is 5.91 Å². The highest BCUT2D eigenvalue weighted by Gasteiger charge is 2.18. The SMILES string of the molecule is CNc1sc(-c2ccc(CN[C@@H](C(=O)O)c3ccccc3)cc2)cc1C(N)=O. The van der Waals surface area contributed by atoms with Gasteiger partial charge in [0, 0.05) is 18.5 Å². The molecule has 0 saturated carbocycles. The molecule has 144 valence electrons. The molecule has 7 heteroatoms. The van der Waals surface area contributed by atoms with E-state index >= 15 is 0 Å². The molecule has 1 aromatic heterocycles. The number of aliphatic carboxylic acids is 1. The molecule has 0 aliphatic heterocycles. The molecule has 1 amide bonds. The Kier molecular flexibility index (Phi) is 6.08. The van der Waals surface area contributed by atoms with Crippen LogP contribution in [0.3, 0.4) is 0 Å². The molecule has 2 aromatic carbocycles. The molecule has 28 heavy (non-hydrogen) atoms. The van der Waals surface area contributed by atoms with E-state index in [-0.39, 0.29) is 0 Å². The normalized spacial score (nSPS) is 11.8. The summed E-state index contributed by atoms with van der Waals surface area (Å²) in [6.07, 6.45) is 0. The summed E-state index contributed by atoms with van der Waals surface area (Å²) in [5, 5.41) is 16.3. The number of thiophene rings is 1. The average Bonchev–Trinajstić information content (AvgIpc) is 3.14. The third-order valence-electron chi connectivity index (χ3n) is 4.35. The molecule has 3 aromatic rings. The third-order valence-corrected chi connectivity index (χ3v) is 5.55. The van der Waals surface area contributed by atoms with Crippen LogP contribution in [0.2, 0.25) is 0 Å². The van der Waals surface area contributed by atoms with Crippen molar-refractivity contribution in [1.29, 1.82) is 0 Å². The monoisotopic (exact) mass is 395 g/mol. The summed E-state index contributed by atoms with van der Waals surface area (Å²) < 4.78 is 0. The number of carbonyl (C=O) groups is 2. The van der Waals surface area contributed by atoms with Crippen LogP contribution in [-0.2, 0) is 11.3 Å². The minimum atomic E-state index is -0.917. The van der Waals surface area contributed by atoms with Gasteiger partial charge >= 0.3 is 5.97 Å². The van der Waals surface area contributed by atoms with E-state index in [1.807, 2.05) is 42.5 Å². The first-order valence-electron chi connectivity index (χ1n) is 8.71. The summed E-state index contributed by atoms with van der Waals surface area (Å²) in [6, 6.07) is 17.9. The molecule has 3 rings (SSSR count). The Hall–Kier alpha value is -3.16. The van der Waals surface area contributed by atoms with Crippen LogP contribution >= 0.6 is 11.3 Å². The number of benzene rings is 2. The van der Waals surface area contributed by atoms with Gasteiger partial charge in [0.15, 0.2) is 0 Å². The van der Waals surface area contributed by atoms with E-state index in [9.17, 15) is 14.7 Å². The van der Waals surface area contributed by atoms with Crippen molar-refractivity contribution in [1.82, 2.24) is 5.32 Å². The number of carbonyl (C=O) groups excluding carboxylic acids is 1. The first-order valence-corrected chi connectivity index (χ1v) is 9.53. The lowest BCUT2D eigenvalue weighted by atomic mass is 10.1. The van der Waals surface area contributed by atoms with E-state index in [4.69, 9.17) is 5.73 Å². The minimum Gasteiger partial charge on any atom is -0.480 e. The first kappa shape index (κ1) is 19.6. The summed E-state index contributed by atoms with van der Waals surface area (Å²) in [4.78, 5) is 24.0. The van der Waals surface area contributed by atoms with Crippen molar-refractivity contribution in [2.75, 3.05) is 12.4 Å². The minimum absolute atomic E-state index is 0.422. The second-order valence-electron chi connectivity index (χ2n) is 6.23. The second kappa shape index (κ2) is 8.69. The Morgan fingerprint density at radius 3 is 2.32 bits per heavy atom. The number of carboxylic acids is 1. The maximum absolute atomic E-state index is 11.6. The van der Waals surface area contributed by atoms with E-state index in [0.717, 1.165) is 21.0 Å². The topological polar surface area (TPSA) is 104 Å². The van der Waals surface area contributed by atoms with Crippen molar-refractivity contribution in [3.05, 3.63) is 77.4 Å². The summed E-state index contributed by atoms with van der Waals surface area (Å²) >= 11 is 1.46. The van der Waals surface area contributed by atoms with Crippen LogP contribution in [0, 0.1) is 0 Å². The van der Waals surface area contributed by atoms with Gasteiger partial charge in [0.1, 0.15) is 11.0 Å². The van der Waals surface area contributed by atoms with Crippen LogP contribution < -0.4 is 16.4 Å². The number of carboxylic acid groups (broad SMARTS) is 1. The zero-order chi connectivity index (χ0) is 20.1. The number of anilines is 1. The summed E-state index contributed by atoms with van der Waals surface area (Å²) in [5.74, 6) is -1.38. The summed E-state index contributed by atoms with van der Waals surface area (Å²) in [6.45, 7) is 0.422. The van der Waals surface area contributed by atoms with Crippen LogP contribution in [-0.4, -0.2) is 24.0 Å². The fraction of sp³-hybridized carbons (Fsp3) is 0.143. The van der Waals surface area contributed by atoms with Crippen molar-refractivity contribution < 1.29 is 14.7 Å². The Labute approximate surface area is 167 Å². The molecule has 5 N–H and O–H groups in total. The molecule has 0 fully saturated rings. The molecule has 0 unspecified atom stereocenters. The van der Waals surface area contributed by atoms with Gasteiger partial charge in [-0.05, 0) is 22.8 Å². The standard InChI is InChI=1S/C21H21N3O3S/c1-23-20-16(19(22)25)11-17(28-20)14-9-7-13(8-10-14)12-24-18(21(26)27)15-5-3-2-4-6-15/h2-11,18,23-24H,12H2,1H3,(H2,22,25)(H,26,27)/t18-/m1/s1. The Morgan fingerprint density at radius 2 is 1.79 bits per heavy atom. The molecule has 0 aliphatic carbocycles. The van der Waals surface area contributed by atoms with Gasteiger partial charge in [-0.3, -0.25) is 14.9 Å². The Balaban J connectivity index is 1.72. The number of primary amides is 1. The maximum Gasteiger partial charge on any atom is 0.325 e. The Morgan fingerprint density at radius 1 is 1.11 bits per heavy atom. The van der Waals surface area contributed by atoms with Crippen molar-refractivity contribution >= 4 is 28.2 Å². The van der Waals surface area contributed by atoms with Gasteiger partial charge < -0.3 is 16.2 Å². The molecule has 0 bridgehead atoms. The van der Waals surface area contributed by atoms with Gasteiger partial charge in [-0.25, -0.2) is 0 Å². The zero-order valence-electron chi connectivity index (χ0n) is 15.3. The lowest BCUT2D eigenvalue weighted by molar-refractivity contribution is -0.139. The van der Waals surface area contributed by atoms with Crippen molar-refractivity contribution in [2.45, 2.75) is 12.6 Å². The molecule has 6 nitrogen and oxygen atoms in total. The van der Waals surface area contributed by atoms with Crippen LogP contribution in [0.1, 0.15) is 27.5 Å². The third kappa shape index (κ3) is 4.39. The lowest BCUT2D eigenvalue weighted by Crippen LogP contribution is -2.28. The second-order valence-corrected chi connectivity index (χ2v) is 7.28. The van der Waals surface area contributed by atoms with E-state index in [0.29, 0.717) is 17.7 Å². The number of nitrogens with two attached hydrogens (primary N) is 1. The molecular weight excluding hydrogens is 374 g/mol. The molecule has 0 saturated heterocycles. The van der Waals surface area contributed by atoms with E-state index in [2.05, 4.69) is 10.6 Å². The van der Waals surface area contributed by atoms with Crippen molar-refractivity contribution in [2.24, 2.45) is 5.73 Å². The zero-order valence-corrected chi connectivity index (χ0v) is 16.1. The number of rotatable bonds is 8. The number of hydrogen-bond donors (Lipinski definition) is 4. The predicted octanol–water partition coefficient (Wildman–Crippen LogP) is 3.47. The number of amides is 1. The van der Waals surface area contributed by atoms with Gasteiger partial charge in [-0.2, -0.15) is 0 Å². The van der Waals surface area contributed by atoms with Gasteiger partial charge in [-0.15, -0.1) is 11.3 Å². The first-order chi connectivity index (χ1) is 13.5. The molecule has 1 heterocycles. The van der Waals surface area contributed by atoms with E-state index in [1.165, 1.54) is 11.3 Å². The van der Waals surface area contributed by atoms with E-state index in [1.54, 1.807) is 25.2 Å². The average molecular weight is 395 g/mol. The largest absolute Gasteiger partial charge is 0.480 e. The van der Waals surface area contributed by atoms with E-state index < -0.39 is 17.9 Å². The van der Waals surface area contributed by atoms with Crippen LogP contribution in [0.4, 0.5) is 5.00 Å². The highest BCUT2D eigenvalue weighted by Crippen LogP contribution is 2.35. The highest BCUT2D eigenvalue weighted by atomic mass is 32.1.